The molecule has 0 heterocycles. The lowest BCUT2D eigenvalue weighted by atomic mass is 10.2. The molecule has 9 heteroatoms. The second kappa shape index (κ2) is 7.28. The largest absolute Gasteiger partial charge is 0.481 e. The van der Waals surface area contributed by atoms with E-state index in [0.29, 0.717) is 0 Å². The fourth-order valence-corrected chi connectivity index (χ4v) is 2.87. The van der Waals surface area contributed by atoms with Crippen molar-refractivity contribution in [2.75, 3.05) is 17.5 Å². The van der Waals surface area contributed by atoms with Crippen LogP contribution in [-0.4, -0.2) is 38.2 Å². The highest BCUT2D eigenvalue weighted by molar-refractivity contribution is 7.92. The molecule has 7 nitrogen and oxygen atoms in total. The minimum Gasteiger partial charge on any atom is -0.481 e. The third-order valence-corrected chi connectivity index (χ3v) is 4.21. The number of anilines is 1. The summed E-state index contributed by atoms with van der Waals surface area (Å²) in [5, 5.41) is 11.0. The summed E-state index contributed by atoms with van der Waals surface area (Å²) in [6.07, 6.45) is -0.260. The van der Waals surface area contributed by atoms with Gasteiger partial charge in [0.05, 0.1) is 16.5 Å². The van der Waals surface area contributed by atoms with Crippen LogP contribution in [0.25, 0.3) is 0 Å². The van der Waals surface area contributed by atoms with E-state index in [0.717, 1.165) is 0 Å². The highest BCUT2D eigenvalue weighted by Crippen LogP contribution is 2.24. The number of carbonyl (C=O) groups excluding carboxylic acids is 1. The lowest BCUT2D eigenvalue weighted by Gasteiger charge is -2.10. The molecule has 0 aliphatic rings. The van der Waals surface area contributed by atoms with Crippen molar-refractivity contribution in [2.24, 2.45) is 0 Å². The highest BCUT2D eigenvalue weighted by Gasteiger charge is 2.15. The van der Waals surface area contributed by atoms with Gasteiger partial charge in [0.1, 0.15) is 0 Å². The van der Waals surface area contributed by atoms with Crippen LogP contribution in [0.2, 0.25) is 5.02 Å². The molecule has 21 heavy (non-hydrogen) atoms. The zero-order valence-electron chi connectivity index (χ0n) is 11.2. The first-order valence-corrected chi connectivity index (χ1v) is 8.02. The summed E-state index contributed by atoms with van der Waals surface area (Å²) in [5.74, 6) is -1.79. The molecule has 0 bridgehead atoms. The highest BCUT2D eigenvalue weighted by atomic mass is 35.5. The summed E-state index contributed by atoms with van der Waals surface area (Å²) < 4.78 is 25.9. The molecular formula is C12H15ClN2O5S. The summed E-state index contributed by atoms with van der Waals surface area (Å²) in [5.41, 5.74) is 0.332. The van der Waals surface area contributed by atoms with Crippen LogP contribution in [0.5, 0.6) is 0 Å². The summed E-state index contributed by atoms with van der Waals surface area (Å²) in [6.45, 7) is 0. The number of aliphatic carboxylic acids is 1. The molecule has 0 atom stereocenters. The van der Waals surface area contributed by atoms with Gasteiger partial charge in [0.2, 0.25) is 10.0 Å². The maximum Gasteiger partial charge on any atom is 0.303 e. The average molecular weight is 335 g/mol. The first-order valence-electron chi connectivity index (χ1n) is 5.99. The van der Waals surface area contributed by atoms with Crippen molar-refractivity contribution in [3.63, 3.8) is 0 Å². The molecule has 0 aliphatic carbocycles. The molecule has 3 N–H and O–H groups in total. The number of carboxylic acid groups (broad SMARTS) is 1. The van der Waals surface area contributed by atoms with Crippen molar-refractivity contribution in [1.82, 2.24) is 5.32 Å². The predicted octanol–water partition coefficient (Wildman–Crippen LogP) is 1.31. The van der Waals surface area contributed by atoms with Crippen LogP contribution in [-0.2, 0) is 14.8 Å². The van der Waals surface area contributed by atoms with Gasteiger partial charge in [-0.05, 0) is 24.6 Å². The van der Waals surface area contributed by atoms with Crippen molar-refractivity contribution in [3.8, 4) is 0 Å². The molecule has 0 fully saturated rings. The number of carboxylic acids is 1. The maximum atomic E-state index is 11.8. The van der Waals surface area contributed by atoms with Crippen LogP contribution >= 0.6 is 11.6 Å². The first-order chi connectivity index (χ1) is 9.75. The van der Waals surface area contributed by atoms with Crippen LogP contribution in [0.15, 0.2) is 18.2 Å². The number of rotatable bonds is 7. The number of amides is 1. The Balaban J connectivity index is 2.86. The molecule has 0 spiro atoms. The zero-order chi connectivity index (χ0) is 16.0. The molecule has 0 saturated carbocycles. The van der Waals surface area contributed by atoms with Crippen molar-refractivity contribution in [3.05, 3.63) is 28.8 Å². The summed E-state index contributed by atoms with van der Waals surface area (Å²) in [4.78, 5) is 21.9. The summed E-state index contributed by atoms with van der Waals surface area (Å²) in [6, 6.07) is 4.18. The fourth-order valence-electron chi connectivity index (χ4n) is 1.52. The molecular weight excluding hydrogens is 320 g/mol. The third kappa shape index (κ3) is 5.60. The van der Waals surface area contributed by atoms with Gasteiger partial charge in [-0.15, -0.1) is 0 Å². The monoisotopic (exact) mass is 334 g/mol. The molecule has 0 aliphatic heterocycles. The number of nitrogens with one attached hydrogen (secondary N) is 2. The van der Waals surface area contributed by atoms with Crippen LogP contribution in [0.3, 0.4) is 0 Å². The van der Waals surface area contributed by atoms with Gasteiger partial charge >= 0.3 is 5.97 Å². The van der Waals surface area contributed by atoms with Crippen molar-refractivity contribution >= 4 is 39.2 Å². The van der Waals surface area contributed by atoms with Crippen LogP contribution in [0.1, 0.15) is 23.2 Å². The Bertz CT molecular complexity index is 645. The van der Waals surface area contributed by atoms with E-state index in [1.807, 2.05) is 0 Å². The quantitative estimate of drug-likeness (QED) is 0.695. The lowest BCUT2D eigenvalue weighted by molar-refractivity contribution is -0.137. The van der Waals surface area contributed by atoms with Crippen LogP contribution < -0.4 is 10.0 Å². The number of hydrogen-bond donors (Lipinski definition) is 3. The molecule has 0 aromatic heterocycles. The van der Waals surface area contributed by atoms with E-state index in [9.17, 15) is 18.0 Å². The van der Waals surface area contributed by atoms with E-state index >= 15 is 0 Å². The number of benzene rings is 1. The number of halogens is 1. The molecule has 0 unspecified atom stereocenters. The van der Waals surface area contributed by atoms with Gasteiger partial charge in [0.15, 0.2) is 0 Å². The Kier molecular flexibility index (Phi) is 5.98. The van der Waals surface area contributed by atoms with E-state index in [-0.39, 0.29) is 40.8 Å². The number of carbonyl (C=O) groups is 2. The molecule has 116 valence electrons. The SMILES string of the molecule is CNC(=O)c1ccc(Cl)c(NS(=O)(=O)CCCC(=O)O)c1. The third-order valence-electron chi connectivity index (χ3n) is 2.52. The molecule has 0 radical (unpaired) electrons. The van der Waals surface area contributed by atoms with E-state index in [2.05, 4.69) is 10.0 Å². The van der Waals surface area contributed by atoms with E-state index in [1.165, 1.54) is 25.2 Å². The Morgan fingerprint density at radius 3 is 2.57 bits per heavy atom. The minimum atomic E-state index is -3.73. The number of hydrogen-bond acceptors (Lipinski definition) is 4. The van der Waals surface area contributed by atoms with Crippen molar-refractivity contribution in [1.29, 1.82) is 0 Å². The molecule has 1 rings (SSSR count). The van der Waals surface area contributed by atoms with E-state index in [4.69, 9.17) is 16.7 Å². The molecule has 1 amide bonds. The van der Waals surface area contributed by atoms with Gasteiger partial charge in [-0.25, -0.2) is 8.42 Å². The smallest absolute Gasteiger partial charge is 0.303 e. The second-order valence-corrected chi connectivity index (χ2v) is 6.44. The van der Waals surface area contributed by atoms with Crippen LogP contribution in [0, 0.1) is 0 Å². The minimum absolute atomic E-state index is 0.0164. The van der Waals surface area contributed by atoms with Crippen LogP contribution in [0.4, 0.5) is 5.69 Å². The molecule has 1 aromatic carbocycles. The van der Waals surface area contributed by atoms with E-state index < -0.39 is 16.0 Å². The maximum absolute atomic E-state index is 11.8. The standard InChI is InChI=1S/C12H15ClN2O5S/c1-14-12(18)8-4-5-9(13)10(7-8)15-21(19,20)6-2-3-11(16)17/h4-5,7,15H,2-3,6H2,1H3,(H,14,18)(H,16,17). The molecule has 1 aromatic rings. The first kappa shape index (κ1) is 17.3. The topological polar surface area (TPSA) is 113 Å². The molecule has 0 saturated heterocycles. The zero-order valence-corrected chi connectivity index (χ0v) is 12.8. The van der Waals surface area contributed by atoms with Gasteiger partial charge in [-0.1, -0.05) is 11.6 Å². The number of sulfonamides is 1. The second-order valence-electron chi connectivity index (χ2n) is 4.19. The fraction of sp³-hybridized carbons (Fsp3) is 0.333. The van der Waals surface area contributed by atoms with Gasteiger partial charge in [-0.3, -0.25) is 14.3 Å². The Morgan fingerprint density at radius 2 is 2.00 bits per heavy atom. The predicted molar refractivity (Wildman–Crippen MR) is 79.1 cm³/mol. The Labute approximate surface area is 127 Å². The van der Waals surface area contributed by atoms with Gasteiger partial charge in [0, 0.05) is 19.0 Å². The van der Waals surface area contributed by atoms with Crippen molar-refractivity contribution in [2.45, 2.75) is 12.8 Å². The lowest BCUT2D eigenvalue weighted by Crippen LogP contribution is -2.20. The summed E-state index contributed by atoms with van der Waals surface area (Å²) >= 11 is 5.88. The van der Waals surface area contributed by atoms with Gasteiger partial charge in [-0.2, -0.15) is 0 Å². The van der Waals surface area contributed by atoms with E-state index in [1.54, 1.807) is 0 Å². The van der Waals surface area contributed by atoms with Crippen molar-refractivity contribution < 1.29 is 23.1 Å². The summed E-state index contributed by atoms with van der Waals surface area (Å²) in [7, 11) is -2.28. The van der Waals surface area contributed by atoms with Gasteiger partial charge < -0.3 is 10.4 Å². The van der Waals surface area contributed by atoms with Gasteiger partial charge in [0.25, 0.3) is 5.91 Å². The Hall–Kier alpha value is -1.80. The normalized spacial score (nSPS) is 11.0. The average Bonchev–Trinajstić information content (AvgIpc) is 2.39. The Morgan fingerprint density at radius 1 is 1.33 bits per heavy atom.